The Labute approximate surface area is 185 Å². The second-order valence-corrected chi connectivity index (χ2v) is 12.2. The van der Waals surface area contributed by atoms with E-state index in [1.807, 2.05) is 13.8 Å². The van der Waals surface area contributed by atoms with Crippen molar-refractivity contribution < 1.29 is 18.1 Å². The third-order valence-electron chi connectivity index (χ3n) is 3.99. The molecule has 170 valence electrons. The van der Waals surface area contributed by atoms with Crippen molar-refractivity contribution in [2.24, 2.45) is 9.78 Å². The van der Waals surface area contributed by atoms with E-state index in [2.05, 4.69) is 29.9 Å². The molecule has 1 unspecified atom stereocenters. The van der Waals surface area contributed by atoms with Gasteiger partial charge in [-0.05, 0) is 43.9 Å². The summed E-state index contributed by atoms with van der Waals surface area (Å²) >= 11 is 0. The van der Waals surface area contributed by atoms with Gasteiger partial charge in [0.2, 0.25) is 5.88 Å². The maximum absolute atomic E-state index is 13.0. The maximum Gasteiger partial charge on any atom is 0.269 e. The van der Waals surface area contributed by atoms with Gasteiger partial charge >= 0.3 is 0 Å². The molecule has 0 fully saturated rings. The van der Waals surface area contributed by atoms with Crippen LogP contribution in [0.2, 0.25) is 0 Å². The number of ether oxygens (including phenoxy) is 1. The Balaban J connectivity index is 2.48. The summed E-state index contributed by atoms with van der Waals surface area (Å²) in [5, 5.41) is 10.9. The van der Waals surface area contributed by atoms with Gasteiger partial charge in [-0.15, -0.1) is 4.13 Å². The van der Waals surface area contributed by atoms with Crippen LogP contribution in [0.25, 0.3) is 0 Å². The van der Waals surface area contributed by atoms with Crippen molar-refractivity contribution in [3.63, 3.8) is 0 Å². The van der Waals surface area contributed by atoms with Crippen LogP contribution >= 0.6 is 0 Å². The van der Waals surface area contributed by atoms with Gasteiger partial charge in [-0.2, -0.15) is 0 Å². The minimum Gasteiger partial charge on any atom is -0.481 e. The van der Waals surface area contributed by atoms with Gasteiger partial charge in [0.05, 0.1) is 27.4 Å². The van der Waals surface area contributed by atoms with Gasteiger partial charge in [-0.25, -0.2) is 17.8 Å². The Bertz CT molecular complexity index is 1060. The van der Waals surface area contributed by atoms with Gasteiger partial charge in [0.25, 0.3) is 15.7 Å². The van der Waals surface area contributed by atoms with Crippen molar-refractivity contribution in [2.45, 2.75) is 56.4 Å². The zero-order valence-electron chi connectivity index (χ0n) is 18.4. The topological polar surface area (TPSA) is 124 Å². The van der Waals surface area contributed by atoms with Crippen molar-refractivity contribution in [1.82, 2.24) is 9.11 Å². The number of hydrogen-bond acceptors (Lipinski definition) is 7. The summed E-state index contributed by atoms with van der Waals surface area (Å²) in [6.07, 6.45) is 2.25. The Hall–Kier alpha value is -2.37. The summed E-state index contributed by atoms with van der Waals surface area (Å²) < 4.78 is 38.6. The molecule has 1 heterocycles. The molecule has 1 atom stereocenters. The zero-order chi connectivity index (χ0) is 23.4. The molecule has 0 aliphatic carbocycles. The number of nitro groups is 1. The lowest BCUT2D eigenvalue weighted by Crippen LogP contribution is -2.31. The second kappa shape index (κ2) is 9.41. The molecule has 0 aliphatic heterocycles. The molecule has 0 radical (unpaired) electrons. The molecule has 2 aromatic rings. The smallest absolute Gasteiger partial charge is 0.269 e. The fourth-order valence-electron chi connectivity index (χ4n) is 3.20. The van der Waals surface area contributed by atoms with E-state index < -0.39 is 31.4 Å². The lowest BCUT2D eigenvalue weighted by atomic mass is 9.82. The first-order valence-electron chi connectivity index (χ1n) is 9.47. The van der Waals surface area contributed by atoms with Crippen molar-refractivity contribution in [3.05, 3.63) is 52.7 Å². The third kappa shape index (κ3) is 7.37. The van der Waals surface area contributed by atoms with Crippen LogP contribution in [0.15, 0.2) is 56.7 Å². The van der Waals surface area contributed by atoms with E-state index in [9.17, 15) is 18.5 Å². The predicted molar refractivity (Wildman–Crippen MR) is 120 cm³/mol. The minimum absolute atomic E-state index is 0.0164. The van der Waals surface area contributed by atoms with Gasteiger partial charge in [-0.3, -0.25) is 10.1 Å². The highest BCUT2D eigenvalue weighted by Crippen LogP contribution is 2.31. The molecule has 1 aromatic carbocycles. The highest BCUT2D eigenvalue weighted by Gasteiger charge is 2.27. The molecule has 0 spiro atoms. The van der Waals surface area contributed by atoms with E-state index in [0.29, 0.717) is 10.8 Å². The van der Waals surface area contributed by atoms with Crippen molar-refractivity contribution in [1.29, 1.82) is 0 Å². The van der Waals surface area contributed by atoms with E-state index in [0.717, 1.165) is 18.6 Å². The molecule has 9 nitrogen and oxygen atoms in total. The minimum atomic E-state index is -3.99. The summed E-state index contributed by atoms with van der Waals surface area (Å²) in [4.78, 5) is 14.9. The van der Waals surface area contributed by atoms with Crippen LogP contribution in [0.3, 0.4) is 0 Å². The number of benzene rings is 1. The number of nitrogens with one attached hydrogen (secondary N) is 1. The van der Waals surface area contributed by atoms with Crippen LogP contribution in [-0.4, -0.2) is 31.0 Å². The lowest BCUT2D eigenvalue weighted by Gasteiger charge is -2.30. The van der Waals surface area contributed by atoms with Gasteiger partial charge in [0, 0.05) is 35.3 Å². The van der Waals surface area contributed by atoms with Gasteiger partial charge in [-0.1, -0.05) is 20.8 Å². The van der Waals surface area contributed by atoms with Crippen LogP contribution in [0.5, 0.6) is 5.88 Å². The van der Waals surface area contributed by atoms with E-state index >= 15 is 0 Å². The molecule has 0 bridgehead atoms. The molecular formula is C20H28N4O5S2. The summed E-state index contributed by atoms with van der Waals surface area (Å²) in [5.41, 5.74) is -0.732. The van der Waals surface area contributed by atoms with Crippen LogP contribution in [-0.2, 0) is 20.9 Å². The number of pyridine rings is 1. The number of rotatable bonds is 8. The van der Waals surface area contributed by atoms with Crippen LogP contribution in [0, 0.1) is 15.5 Å². The lowest BCUT2D eigenvalue weighted by molar-refractivity contribution is -0.384. The number of sulfonamides is 1. The van der Waals surface area contributed by atoms with E-state index in [4.69, 9.17) is 9.10 Å². The number of hydrogen-bond donors (Lipinski definition) is 1. The Morgan fingerprint density at radius 2 is 1.74 bits per heavy atom. The largest absolute Gasteiger partial charge is 0.481 e. The Morgan fingerprint density at radius 3 is 2.19 bits per heavy atom. The molecule has 0 amide bonds. The fourth-order valence-corrected chi connectivity index (χ4v) is 6.46. The highest BCUT2D eigenvalue weighted by atomic mass is 32.3. The normalized spacial score (nSPS) is 13.7. The molecule has 1 aromatic heterocycles. The molecule has 11 heteroatoms. The third-order valence-corrected chi connectivity index (χ3v) is 7.76. The summed E-state index contributed by atoms with van der Waals surface area (Å²) in [5.74, 6) is 0.402. The van der Waals surface area contributed by atoms with Crippen molar-refractivity contribution in [2.75, 3.05) is 7.11 Å². The van der Waals surface area contributed by atoms with Gasteiger partial charge < -0.3 is 4.74 Å². The number of nitro benzene ring substituents is 1. The molecule has 2 rings (SSSR count). The summed E-state index contributed by atoms with van der Waals surface area (Å²) in [7, 11) is -3.75. The fraction of sp³-hybridized carbons (Fsp3) is 0.450. The standard InChI is InChI=1S/C20H28N4O5S2/c1-19(2,3)14-20(4,5)22-30(16-9-12-18(29-6)21-13-16)23-31(27,28)17-10-7-15(8-11-17)24(25)26/h7-13H,14H2,1-6H3,(H,22,23). The molecule has 0 saturated carbocycles. The average molecular weight is 469 g/mol. The monoisotopic (exact) mass is 468 g/mol. The van der Waals surface area contributed by atoms with E-state index in [-0.39, 0.29) is 16.0 Å². The second-order valence-electron chi connectivity index (χ2n) is 8.80. The first-order valence-corrected chi connectivity index (χ1v) is 12.1. The summed E-state index contributed by atoms with van der Waals surface area (Å²) in [6, 6.07) is 8.07. The van der Waals surface area contributed by atoms with Gasteiger partial charge in [0.15, 0.2) is 0 Å². The van der Waals surface area contributed by atoms with Crippen LogP contribution in [0.4, 0.5) is 5.69 Å². The predicted octanol–water partition coefficient (Wildman–Crippen LogP) is 4.27. The van der Waals surface area contributed by atoms with E-state index in [1.54, 1.807) is 12.1 Å². The van der Waals surface area contributed by atoms with Crippen LogP contribution < -0.4 is 8.86 Å². The summed E-state index contributed by atoms with van der Waals surface area (Å²) in [6.45, 7) is 10.2. The molecule has 0 aliphatic rings. The van der Waals surface area contributed by atoms with E-state index in [1.165, 1.54) is 25.4 Å². The molecule has 1 N–H and O–H groups in total. The van der Waals surface area contributed by atoms with Gasteiger partial charge in [0.1, 0.15) is 0 Å². The maximum atomic E-state index is 13.0. The number of aromatic nitrogens is 1. The number of methoxy groups -OCH3 is 1. The first kappa shape index (κ1) is 24.9. The van der Waals surface area contributed by atoms with Crippen LogP contribution in [0.1, 0.15) is 41.0 Å². The highest BCUT2D eigenvalue weighted by molar-refractivity contribution is 8.02. The number of non-ortho nitro benzene ring substituents is 1. The van der Waals surface area contributed by atoms with Crippen molar-refractivity contribution >= 4 is 26.6 Å². The quantitative estimate of drug-likeness (QED) is 0.456. The van der Waals surface area contributed by atoms with Crippen molar-refractivity contribution in [3.8, 4) is 5.88 Å². The zero-order valence-corrected chi connectivity index (χ0v) is 20.1. The molecule has 31 heavy (non-hydrogen) atoms. The SMILES string of the molecule is COc1ccc(S(=NC(C)(C)CC(C)(C)C)NS(=O)(=O)c2ccc([N+](=O)[O-])cc2)cn1. The average Bonchev–Trinajstić information content (AvgIpc) is 2.65. The Kier molecular flexibility index (Phi) is 7.56. The Morgan fingerprint density at radius 1 is 1.13 bits per heavy atom. The number of nitrogens with zero attached hydrogens (tertiary/aromatic N) is 3. The molecular weight excluding hydrogens is 440 g/mol. The first-order chi connectivity index (χ1) is 14.2. The molecule has 0 saturated heterocycles.